The third kappa shape index (κ3) is 4.84. The third-order valence-corrected chi connectivity index (χ3v) is 3.51. The number of aliphatic hydroxyl groups excluding tert-OH is 1. The number of nitrogens with one attached hydrogen (secondary N) is 1. The minimum Gasteiger partial charge on any atom is -0.387 e. The molecule has 2 N–H and O–H groups in total. The standard InChI is InChI=1S/C16H28N2O/c1-5-7-12-17-15(6-2)16(19)13-8-10-14(11-9-13)18(3)4/h8-11,15-17,19H,5-7,12H2,1-4H3. The number of unbranched alkanes of at least 4 members (excludes halogenated alkanes) is 1. The van der Waals surface area contributed by atoms with Crippen molar-refractivity contribution in [1.82, 2.24) is 5.32 Å². The molecule has 0 aliphatic rings. The van der Waals surface area contributed by atoms with Crippen LogP contribution in [0.3, 0.4) is 0 Å². The van der Waals surface area contributed by atoms with Crippen molar-refractivity contribution in [2.45, 2.75) is 45.3 Å². The molecule has 0 fully saturated rings. The van der Waals surface area contributed by atoms with E-state index in [4.69, 9.17) is 0 Å². The maximum absolute atomic E-state index is 10.4. The lowest BCUT2D eigenvalue weighted by Crippen LogP contribution is -2.35. The van der Waals surface area contributed by atoms with Crippen LogP contribution < -0.4 is 10.2 Å². The van der Waals surface area contributed by atoms with Gasteiger partial charge in [0.05, 0.1) is 6.10 Å². The van der Waals surface area contributed by atoms with Gasteiger partial charge in [0.1, 0.15) is 0 Å². The van der Waals surface area contributed by atoms with Crippen LogP contribution in [0.1, 0.15) is 44.8 Å². The highest BCUT2D eigenvalue weighted by Gasteiger charge is 2.18. The highest BCUT2D eigenvalue weighted by atomic mass is 16.3. The molecule has 1 aromatic carbocycles. The molecular formula is C16H28N2O. The number of aliphatic hydroxyl groups is 1. The molecule has 1 aromatic rings. The minimum atomic E-state index is -0.432. The molecule has 0 aliphatic carbocycles. The molecule has 0 amide bonds. The quantitative estimate of drug-likeness (QED) is 0.709. The van der Waals surface area contributed by atoms with Gasteiger partial charge in [-0.2, -0.15) is 0 Å². The Hall–Kier alpha value is -1.06. The second-order valence-corrected chi connectivity index (χ2v) is 5.25. The Kier molecular flexibility index (Phi) is 6.89. The van der Waals surface area contributed by atoms with Crippen molar-refractivity contribution in [1.29, 1.82) is 0 Å². The van der Waals surface area contributed by atoms with Gasteiger partial charge < -0.3 is 15.3 Å². The summed E-state index contributed by atoms with van der Waals surface area (Å²) in [6, 6.07) is 8.28. The van der Waals surface area contributed by atoms with Crippen LogP contribution in [0.2, 0.25) is 0 Å². The van der Waals surface area contributed by atoms with Crippen molar-refractivity contribution < 1.29 is 5.11 Å². The van der Waals surface area contributed by atoms with Crippen LogP contribution in [0.5, 0.6) is 0 Å². The molecule has 1 rings (SSSR count). The Balaban J connectivity index is 2.65. The molecule has 108 valence electrons. The lowest BCUT2D eigenvalue weighted by molar-refractivity contribution is 0.126. The second-order valence-electron chi connectivity index (χ2n) is 5.25. The summed E-state index contributed by atoms with van der Waals surface area (Å²) in [5.74, 6) is 0. The molecular weight excluding hydrogens is 236 g/mol. The molecule has 0 aliphatic heterocycles. The van der Waals surface area contributed by atoms with Gasteiger partial charge in [0, 0.05) is 25.8 Å². The van der Waals surface area contributed by atoms with Crippen LogP contribution in [0.25, 0.3) is 0 Å². The Morgan fingerprint density at radius 1 is 1.16 bits per heavy atom. The fourth-order valence-corrected chi connectivity index (χ4v) is 2.15. The van der Waals surface area contributed by atoms with Crippen LogP contribution in [-0.2, 0) is 0 Å². The first-order chi connectivity index (χ1) is 9.10. The van der Waals surface area contributed by atoms with Crippen molar-refractivity contribution in [3.05, 3.63) is 29.8 Å². The monoisotopic (exact) mass is 264 g/mol. The zero-order chi connectivity index (χ0) is 14.3. The smallest absolute Gasteiger partial charge is 0.0942 e. The summed E-state index contributed by atoms with van der Waals surface area (Å²) < 4.78 is 0. The maximum atomic E-state index is 10.4. The number of hydrogen-bond acceptors (Lipinski definition) is 3. The van der Waals surface area contributed by atoms with Crippen LogP contribution in [0.15, 0.2) is 24.3 Å². The van der Waals surface area contributed by atoms with Gasteiger partial charge in [-0.3, -0.25) is 0 Å². The van der Waals surface area contributed by atoms with E-state index in [1.165, 1.54) is 6.42 Å². The maximum Gasteiger partial charge on any atom is 0.0942 e. The van der Waals surface area contributed by atoms with Gasteiger partial charge in [0.25, 0.3) is 0 Å². The van der Waals surface area contributed by atoms with Crippen molar-refractivity contribution in [3.63, 3.8) is 0 Å². The lowest BCUT2D eigenvalue weighted by atomic mass is 10.00. The average Bonchev–Trinajstić information content (AvgIpc) is 2.43. The summed E-state index contributed by atoms with van der Waals surface area (Å²) in [4.78, 5) is 2.06. The van der Waals surface area contributed by atoms with E-state index in [0.29, 0.717) is 0 Å². The van der Waals surface area contributed by atoms with Crippen LogP contribution >= 0.6 is 0 Å². The van der Waals surface area contributed by atoms with Crippen molar-refractivity contribution in [2.24, 2.45) is 0 Å². The lowest BCUT2D eigenvalue weighted by Gasteiger charge is -2.24. The second kappa shape index (κ2) is 8.18. The molecule has 3 heteroatoms. The van der Waals surface area contributed by atoms with Crippen molar-refractivity contribution in [2.75, 3.05) is 25.5 Å². The van der Waals surface area contributed by atoms with E-state index in [-0.39, 0.29) is 6.04 Å². The highest BCUT2D eigenvalue weighted by Crippen LogP contribution is 2.21. The molecule has 2 atom stereocenters. The summed E-state index contributed by atoms with van der Waals surface area (Å²) in [5, 5.41) is 13.9. The topological polar surface area (TPSA) is 35.5 Å². The number of hydrogen-bond donors (Lipinski definition) is 2. The summed E-state index contributed by atoms with van der Waals surface area (Å²) in [6.07, 6.45) is 2.83. The van der Waals surface area contributed by atoms with Gasteiger partial charge in [0.2, 0.25) is 0 Å². The SMILES string of the molecule is CCCCNC(CC)C(O)c1ccc(N(C)C)cc1. The van der Waals surface area contributed by atoms with Gasteiger partial charge in [-0.05, 0) is 37.1 Å². The summed E-state index contributed by atoms with van der Waals surface area (Å²) in [7, 11) is 4.04. The Morgan fingerprint density at radius 2 is 1.79 bits per heavy atom. The predicted molar refractivity (Wildman–Crippen MR) is 82.7 cm³/mol. The fourth-order valence-electron chi connectivity index (χ4n) is 2.15. The third-order valence-electron chi connectivity index (χ3n) is 3.51. The number of nitrogens with zero attached hydrogens (tertiary/aromatic N) is 1. The van der Waals surface area contributed by atoms with E-state index in [9.17, 15) is 5.11 Å². The molecule has 3 nitrogen and oxygen atoms in total. The Morgan fingerprint density at radius 3 is 2.26 bits per heavy atom. The summed E-state index contributed by atoms with van der Waals surface area (Å²) in [5.41, 5.74) is 2.14. The molecule has 0 aromatic heterocycles. The average molecular weight is 264 g/mol. The Bertz CT molecular complexity index is 348. The zero-order valence-electron chi connectivity index (χ0n) is 12.7. The fraction of sp³-hybridized carbons (Fsp3) is 0.625. The minimum absolute atomic E-state index is 0.136. The molecule has 2 unspecified atom stereocenters. The first-order valence-corrected chi connectivity index (χ1v) is 7.28. The van der Waals surface area contributed by atoms with E-state index in [1.54, 1.807) is 0 Å². The summed E-state index contributed by atoms with van der Waals surface area (Å²) >= 11 is 0. The van der Waals surface area contributed by atoms with E-state index in [1.807, 2.05) is 26.2 Å². The molecule has 0 heterocycles. The van der Waals surface area contributed by atoms with Crippen molar-refractivity contribution >= 4 is 5.69 Å². The molecule has 0 radical (unpaired) electrons. The van der Waals surface area contributed by atoms with Crippen LogP contribution in [0, 0.1) is 0 Å². The normalized spacial score (nSPS) is 14.2. The largest absolute Gasteiger partial charge is 0.387 e. The molecule has 19 heavy (non-hydrogen) atoms. The molecule has 0 bridgehead atoms. The van der Waals surface area contributed by atoms with E-state index in [2.05, 4.69) is 36.2 Å². The zero-order valence-corrected chi connectivity index (χ0v) is 12.7. The summed E-state index contributed by atoms with van der Waals surface area (Å²) in [6.45, 7) is 5.27. The first-order valence-electron chi connectivity index (χ1n) is 7.28. The predicted octanol–water partition coefficient (Wildman–Crippen LogP) is 2.95. The highest BCUT2D eigenvalue weighted by molar-refractivity contribution is 5.46. The molecule has 0 saturated heterocycles. The van der Waals surface area contributed by atoms with Gasteiger partial charge in [-0.1, -0.05) is 32.4 Å². The van der Waals surface area contributed by atoms with Crippen LogP contribution in [-0.4, -0.2) is 31.8 Å². The number of rotatable bonds is 8. The van der Waals surface area contributed by atoms with Gasteiger partial charge >= 0.3 is 0 Å². The van der Waals surface area contributed by atoms with Gasteiger partial charge in [0.15, 0.2) is 0 Å². The van der Waals surface area contributed by atoms with Gasteiger partial charge in [-0.15, -0.1) is 0 Å². The van der Waals surface area contributed by atoms with E-state index >= 15 is 0 Å². The molecule has 0 spiro atoms. The number of anilines is 1. The molecule has 0 saturated carbocycles. The van der Waals surface area contributed by atoms with Gasteiger partial charge in [-0.25, -0.2) is 0 Å². The number of benzene rings is 1. The van der Waals surface area contributed by atoms with Crippen LogP contribution in [0.4, 0.5) is 5.69 Å². The first kappa shape index (κ1) is 16.0. The van der Waals surface area contributed by atoms with E-state index in [0.717, 1.165) is 30.6 Å². The van der Waals surface area contributed by atoms with Crippen molar-refractivity contribution in [3.8, 4) is 0 Å². The Labute approximate surface area is 117 Å². The van der Waals surface area contributed by atoms with E-state index < -0.39 is 6.10 Å².